The normalized spacial score (nSPS) is 10.4. The quantitative estimate of drug-likeness (QED) is 0.610. The van der Waals surface area contributed by atoms with Crippen LogP contribution in [0.15, 0.2) is 12.1 Å². The maximum atomic E-state index is 3.30. The van der Waals surface area contributed by atoms with E-state index in [1.165, 1.54) is 42.4 Å². The first-order chi connectivity index (χ1) is 6.22. The SMILES string of the molecule is CCCCCc1cc(C)[c]c(C)c1. The largest absolute Gasteiger partial charge is 0.0654 e. The average Bonchev–Trinajstić information content (AvgIpc) is 2.03. The maximum Gasteiger partial charge on any atom is -0.0120 e. The molecule has 0 spiro atoms. The van der Waals surface area contributed by atoms with Gasteiger partial charge >= 0.3 is 0 Å². The highest BCUT2D eigenvalue weighted by molar-refractivity contribution is 5.27. The van der Waals surface area contributed by atoms with Crippen molar-refractivity contribution in [3.63, 3.8) is 0 Å². The molecule has 0 aromatic heterocycles. The van der Waals surface area contributed by atoms with Gasteiger partial charge in [0, 0.05) is 0 Å². The Hall–Kier alpha value is -0.780. The standard InChI is InChI=1S/C13H19/c1-4-5-6-7-13-9-11(2)8-12(3)10-13/h9-10H,4-7H2,1-3H3. The number of aryl methyl sites for hydroxylation is 3. The number of rotatable bonds is 4. The molecule has 1 aromatic rings. The summed E-state index contributed by atoms with van der Waals surface area (Å²) in [5.41, 5.74) is 4.01. The van der Waals surface area contributed by atoms with Gasteiger partial charge in [-0.15, -0.1) is 0 Å². The van der Waals surface area contributed by atoms with Crippen molar-refractivity contribution in [2.45, 2.75) is 46.5 Å². The van der Waals surface area contributed by atoms with Crippen LogP contribution < -0.4 is 0 Å². The summed E-state index contributed by atoms with van der Waals surface area (Å²) in [6.07, 6.45) is 5.19. The predicted molar refractivity (Wildman–Crippen MR) is 58.0 cm³/mol. The third-order valence-corrected chi connectivity index (χ3v) is 2.27. The second-order valence-corrected chi connectivity index (χ2v) is 3.81. The van der Waals surface area contributed by atoms with Gasteiger partial charge in [-0.2, -0.15) is 0 Å². The molecule has 0 saturated heterocycles. The smallest absolute Gasteiger partial charge is 0.0120 e. The van der Waals surface area contributed by atoms with Gasteiger partial charge in [0.05, 0.1) is 0 Å². The van der Waals surface area contributed by atoms with Gasteiger partial charge in [0.25, 0.3) is 0 Å². The van der Waals surface area contributed by atoms with Crippen molar-refractivity contribution >= 4 is 0 Å². The van der Waals surface area contributed by atoms with E-state index >= 15 is 0 Å². The molecule has 0 amide bonds. The summed E-state index contributed by atoms with van der Waals surface area (Å²) in [6.45, 7) is 6.49. The zero-order chi connectivity index (χ0) is 9.68. The van der Waals surface area contributed by atoms with Crippen molar-refractivity contribution in [3.8, 4) is 0 Å². The third kappa shape index (κ3) is 3.63. The first kappa shape index (κ1) is 10.3. The minimum Gasteiger partial charge on any atom is -0.0654 e. The Bertz CT molecular complexity index is 240. The topological polar surface area (TPSA) is 0 Å². The fourth-order valence-corrected chi connectivity index (χ4v) is 1.70. The van der Waals surface area contributed by atoms with E-state index in [0.717, 1.165) is 0 Å². The van der Waals surface area contributed by atoms with Crippen molar-refractivity contribution in [1.82, 2.24) is 0 Å². The Morgan fingerprint density at radius 3 is 2.23 bits per heavy atom. The summed E-state index contributed by atoms with van der Waals surface area (Å²) in [4.78, 5) is 0. The van der Waals surface area contributed by atoms with E-state index in [9.17, 15) is 0 Å². The molecule has 1 aromatic carbocycles. The van der Waals surface area contributed by atoms with Crippen LogP contribution in [0, 0.1) is 19.9 Å². The third-order valence-electron chi connectivity index (χ3n) is 2.27. The Kier molecular flexibility index (Phi) is 4.01. The summed E-state index contributed by atoms with van der Waals surface area (Å²) in [7, 11) is 0. The van der Waals surface area contributed by atoms with Gasteiger partial charge in [-0.05, 0) is 49.4 Å². The van der Waals surface area contributed by atoms with Crippen LogP contribution in [0.2, 0.25) is 0 Å². The van der Waals surface area contributed by atoms with Crippen LogP contribution in [-0.4, -0.2) is 0 Å². The second kappa shape index (κ2) is 5.06. The zero-order valence-corrected chi connectivity index (χ0v) is 8.98. The molecule has 71 valence electrons. The second-order valence-electron chi connectivity index (χ2n) is 3.81. The Balaban J connectivity index is 2.56. The molecule has 0 N–H and O–H groups in total. The molecule has 0 bridgehead atoms. The highest BCUT2D eigenvalue weighted by Crippen LogP contribution is 2.11. The Labute approximate surface area is 82.0 Å². The minimum atomic E-state index is 1.23. The first-order valence-corrected chi connectivity index (χ1v) is 5.22. The first-order valence-electron chi connectivity index (χ1n) is 5.22. The number of hydrogen-bond acceptors (Lipinski definition) is 0. The van der Waals surface area contributed by atoms with Gasteiger partial charge in [-0.3, -0.25) is 0 Å². The van der Waals surface area contributed by atoms with Crippen LogP contribution in [0.4, 0.5) is 0 Å². The molecule has 0 heteroatoms. The lowest BCUT2D eigenvalue weighted by Crippen LogP contribution is -1.88. The monoisotopic (exact) mass is 175 g/mol. The van der Waals surface area contributed by atoms with Crippen LogP contribution in [0.1, 0.15) is 42.9 Å². The van der Waals surface area contributed by atoms with Crippen molar-refractivity contribution < 1.29 is 0 Å². The average molecular weight is 175 g/mol. The predicted octanol–water partition coefficient (Wildman–Crippen LogP) is 3.84. The van der Waals surface area contributed by atoms with Crippen LogP contribution in [-0.2, 0) is 6.42 Å². The molecular weight excluding hydrogens is 156 g/mol. The van der Waals surface area contributed by atoms with Crippen LogP contribution in [0.5, 0.6) is 0 Å². The summed E-state index contributed by atoms with van der Waals surface area (Å²) < 4.78 is 0. The van der Waals surface area contributed by atoms with Gasteiger partial charge < -0.3 is 0 Å². The number of hydrogen-bond donors (Lipinski definition) is 0. The van der Waals surface area contributed by atoms with Crippen molar-refractivity contribution in [2.75, 3.05) is 0 Å². The van der Waals surface area contributed by atoms with Gasteiger partial charge in [0.1, 0.15) is 0 Å². The molecule has 0 aliphatic heterocycles. The maximum absolute atomic E-state index is 3.30. The molecule has 13 heavy (non-hydrogen) atoms. The summed E-state index contributed by atoms with van der Waals surface area (Å²) in [5, 5.41) is 0. The highest BCUT2D eigenvalue weighted by atomic mass is 14.0. The lowest BCUT2D eigenvalue weighted by Gasteiger charge is -2.03. The summed E-state index contributed by atoms with van der Waals surface area (Å²) >= 11 is 0. The van der Waals surface area contributed by atoms with Crippen LogP contribution >= 0.6 is 0 Å². The Morgan fingerprint density at radius 2 is 1.69 bits per heavy atom. The summed E-state index contributed by atoms with van der Waals surface area (Å²) in [5.74, 6) is 0. The Morgan fingerprint density at radius 1 is 1.08 bits per heavy atom. The fourth-order valence-electron chi connectivity index (χ4n) is 1.70. The van der Waals surface area contributed by atoms with Gasteiger partial charge in [0.15, 0.2) is 0 Å². The van der Waals surface area contributed by atoms with Crippen molar-refractivity contribution in [2.24, 2.45) is 0 Å². The minimum absolute atomic E-state index is 1.23. The van der Waals surface area contributed by atoms with E-state index in [-0.39, 0.29) is 0 Å². The molecule has 0 fully saturated rings. The molecule has 0 aliphatic rings. The van der Waals surface area contributed by atoms with E-state index in [1.807, 2.05) is 0 Å². The highest BCUT2D eigenvalue weighted by Gasteiger charge is 1.95. The number of benzene rings is 1. The van der Waals surface area contributed by atoms with E-state index < -0.39 is 0 Å². The molecule has 0 nitrogen and oxygen atoms in total. The van der Waals surface area contributed by atoms with E-state index in [0.29, 0.717) is 0 Å². The lowest BCUT2D eigenvalue weighted by molar-refractivity contribution is 0.717. The van der Waals surface area contributed by atoms with Crippen LogP contribution in [0.3, 0.4) is 0 Å². The van der Waals surface area contributed by atoms with Crippen LogP contribution in [0.25, 0.3) is 0 Å². The molecule has 0 saturated carbocycles. The molecule has 0 aliphatic carbocycles. The van der Waals surface area contributed by atoms with Crippen molar-refractivity contribution in [3.05, 3.63) is 34.9 Å². The zero-order valence-electron chi connectivity index (χ0n) is 8.98. The fraction of sp³-hybridized carbons (Fsp3) is 0.538. The lowest BCUT2D eigenvalue weighted by atomic mass is 10.0. The van der Waals surface area contributed by atoms with Crippen molar-refractivity contribution in [1.29, 1.82) is 0 Å². The molecule has 1 rings (SSSR count). The molecule has 0 unspecified atom stereocenters. The van der Waals surface area contributed by atoms with Gasteiger partial charge in [-0.1, -0.05) is 31.9 Å². The molecular formula is C13H19. The van der Waals surface area contributed by atoms with E-state index in [4.69, 9.17) is 0 Å². The van der Waals surface area contributed by atoms with E-state index in [2.05, 4.69) is 39.0 Å². The van der Waals surface area contributed by atoms with Gasteiger partial charge in [-0.25, -0.2) is 0 Å². The van der Waals surface area contributed by atoms with E-state index in [1.54, 1.807) is 0 Å². The summed E-state index contributed by atoms with van der Waals surface area (Å²) in [6, 6.07) is 7.81. The molecule has 0 atom stereocenters. The van der Waals surface area contributed by atoms with Gasteiger partial charge in [0.2, 0.25) is 0 Å². The molecule has 1 radical (unpaired) electrons. The number of unbranched alkanes of at least 4 members (excludes halogenated alkanes) is 2. The molecule has 0 heterocycles.